The highest BCUT2D eigenvalue weighted by Crippen LogP contribution is 2.21. The van der Waals surface area contributed by atoms with Crippen LogP contribution in [0.5, 0.6) is 0 Å². The number of pyridine rings is 1. The zero-order chi connectivity index (χ0) is 20.1. The maximum Gasteiger partial charge on any atom is 0.227 e. The Hall–Kier alpha value is -3.41. The molecule has 3 aromatic rings. The first-order valence-corrected chi connectivity index (χ1v) is 9.91. The second-order valence-corrected chi connectivity index (χ2v) is 7.08. The molecule has 0 spiro atoms. The number of nitrogens with one attached hydrogen (secondary N) is 2. The van der Waals surface area contributed by atoms with Crippen molar-refractivity contribution in [1.82, 2.24) is 15.6 Å². The molecule has 4 rings (SSSR count). The van der Waals surface area contributed by atoms with Crippen LogP contribution in [0.4, 0.5) is 5.69 Å². The predicted octanol–water partition coefficient (Wildman–Crippen LogP) is 3.23. The van der Waals surface area contributed by atoms with Crippen LogP contribution < -0.4 is 15.5 Å². The molecule has 0 unspecified atom stereocenters. The Bertz CT molecular complexity index is 1020. The number of fused-ring (bicyclic) bond motifs is 1. The fourth-order valence-corrected chi connectivity index (χ4v) is 3.61. The standard InChI is InChI=1S/C23H25N5O/c1-24-23(27-16-18-12-13-25-21-6-3-2-5-20(18)21)26-15-17-8-10-19(11-9-17)28-14-4-7-22(28)29/h2-3,5-6,8-13H,4,7,14-16H2,1H3,(H2,24,26,27). The summed E-state index contributed by atoms with van der Waals surface area (Å²) in [6, 6.07) is 18.3. The Labute approximate surface area is 170 Å². The smallest absolute Gasteiger partial charge is 0.227 e. The molecule has 1 aromatic heterocycles. The first-order valence-electron chi connectivity index (χ1n) is 9.91. The van der Waals surface area contributed by atoms with Crippen molar-refractivity contribution in [2.75, 3.05) is 18.5 Å². The molecular formula is C23H25N5O. The van der Waals surface area contributed by atoms with Gasteiger partial charge in [-0.3, -0.25) is 14.8 Å². The van der Waals surface area contributed by atoms with E-state index in [1.54, 1.807) is 7.05 Å². The van der Waals surface area contributed by atoms with E-state index in [0.717, 1.165) is 41.1 Å². The van der Waals surface area contributed by atoms with Gasteiger partial charge in [-0.1, -0.05) is 30.3 Å². The topological polar surface area (TPSA) is 69.6 Å². The number of aliphatic imine (C=N–C) groups is 1. The lowest BCUT2D eigenvalue weighted by molar-refractivity contribution is -0.117. The summed E-state index contributed by atoms with van der Waals surface area (Å²) >= 11 is 0. The van der Waals surface area contributed by atoms with Crippen molar-refractivity contribution in [3.63, 3.8) is 0 Å². The highest BCUT2D eigenvalue weighted by atomic mass is 16.2. The van der Waals surface area contributed by atoms with Gasteiger partial charge in [0.1, 0.15) is 0 Å². The molecule has 1 aliphatic heterocycles. The molecule has 1 amide bonds. The molecule has 148 valence electrons. The molecule has 0 atom stereocenters. The molecular weight excluding hydrogens is 362 g/mol. The number of carbonyl (C=O) groups is 1. The van der Waals surface area contributed by atoms with E-state index < -0.39 is 0 Å². The number of rotatable bonds is 5. The van der Waals surface area contributed by atoms with Crippen LogP contribution >= 0.6 is 0 Å². The van der Waals surface area contributed by atoms with E-state index in [-0.39, 0.29) is 5.91 Å². The summed E-state index contributed by atoms with van der Waals surface area (Å²) in [5.41, 5.74) is 4.28. The monoisotopic (exact) mass is 387 g/mol. The second kappa shape index (κ2) is 8.73. The minimum absolute atomic E-state index is 0.212. The van der Waals surface area contributed by atoms with E-state index in [1.165, 1.54) is 5.56 Å². The summed E-state index contributed by atoms with van der Waals surface area (Å²) in [5.74, 6) is 0.953. The van der Waals surface area contributed by atoms with Gasteiger partial charge in [-0.05, 0) is 41.8 Å². The number of guanidine groups is 1. The third-order valence-electron chi connectivity index (χ3n) is 5.19. The summed E-state index contributed by atoms with van der Waals surface area (Å²) in [5, 5.41) is 7.86. The Kier molecular flexibility index (Phi) is 5.70. The van der Waals surface area contributed by atoms with Crippen molar-refractivity contribution in [1.29, 1.82) is 0 Å². The number of benzene rings is 2. The van der Waals surface area contributed by atoms with Crippen LogP contribution in [-0.2, 0) is 17.9 Å². The van der Waals surface area contributed by atoms with Gasteiger partial charge in [0.15, 0.2) is 5.96 Å². The molecule has 1 aliphatic rings. The quantitative estimate of drug-likeness (QED) is 0.521. The summed E-state index contributed by atoms with van der Waals surface area (Å²) in [6.07, 6.45) is 3.43. The molecule has 0 saturated carbocycles. The first-order chi connectivity index (χ1) is 14.2. The lowest BCUT2D eigenvalue weighted by atomic mass is 10.1. The fourth-order valence-electron chi connectivity index (χ4n) is 3.61. The van der Waals surface area contributed by atoms with Gasteiger partial charge < -0.3 is 15.5 Å². The molecule has 2 N–H and O–H groups in total. The average Bonchev–Trinajstić information content (AvgIpc) is 3.20. The molecule has 0 bridgehead atoms. The molecule has 2 aromatic carbocycles. The summed E-state index contributed by atoms with van der Waals surface area (Å²) in [7, 11) is 1.77. The zero-order valence-electron chi connectivity index (χ0n) is 16.6. The van der Waals surface area contributed by atoms with Crippen LogP contribution in [0, 0.1) is 0 Å². The van der Waals surface area contributed by atoms with Gasteiger partial charge in [0, 0.05) is 50.4 Å². The molecule has 29 heavy (non-hydrogen) atoms. The van der Waals surface area contributed by atoms with Crippen LogP contribution in [0.15, 0.2) is 65.8 Å². The number of nitrogens with zero attached hydrogens (tertiary/aromatic N) is 3. The van der Waals surface area contributed by atoms with Gasteiger partial charge in [0.05, 0.1) is 5.52 Å². The third-order valence-corrected chi connectivity index (χ3v) is 5.19. The predicted molar refractivity (Wildman–Crippen MR) is 117 cm³/mol. The largest absolute Gasteiger partial charge is 0.352 e. The SMILES string of the molecule is CN=C(NCc1ccc(N2CCCC2=O)cc1)NCc1ccnc2ccccc12. The van der Waals surface area contributed by atoms with Gasteiger partial charge in [-0.15, -0.1) is 0 Å². The minimum Gasteiger partial charge on any atom is -0.352 e. The number of para-hydroxylation sites is 1. The van der Waals surface area contributed by atoms with Crippen LogP contribution in [-0.4, -0.2) is 30.4 Å². The number of amides is 1. The fraction of sp³-hybridized carbons (Fsp3) is 0.261. The molecule has 0 aliphatic carbocycles. The van der Waals surface area contributed by atoms with Crippen molar-refractivity contribution in [3.05, 3.63) is 71.9 Å². The van der Waals surface area contributed by atoms with E-state index in [4.69, 9.17) is 0 Å². The Morgan fingerprint density at radius 2 is 1.86 bits per heavy atom. The third kappa shape index (κ3) is 4.37. The highest BCUT2D eigenvalue weighted by molar-refractivity contribution is 5.95. The maximum atomic E-state index is 11.9. The van der Waals surface area contributed by atoms with Crippen LogP contribution in [0.1, 0.15) is 24.0 Å². The number of carbonyl (C=O) groups excluding carboxylic acids is 1. The van der Waals surface area contributed by atoms with Gasteiger partial charge in [-0.25, -0.2) is 0 Å². The second-order valence-electron chi connectivity index (χ2n) is 7.08. The van der Waals surface area contributed by atoms with Crippen molar-refractivity contribution in [2.45, 2.75) is 25.9 Å². The summed E-state index contributed by atoms with van der Waals surface area (Å²) < 4.78 is 0. The zero-order valence-corrected chi connectivity index (χ0v) is 16.6. The van der Waals surface area contributed by atoms with Gasteiger partial charge in [0.25, 0.3) is 0 Å². The van der Waals surface area contributed by atoms with E-state index in [9.17, 15) is 4.79 Å². The van der Waals surface area contributed by atoms with Gasteiger partial charge >= 0.3 is 0 Å². The molecule has 0 radical (unpaired) electrons. The molecule has 6 nitrogen and oxygen atoms in total. The van der Waals surface area contributed by atoms with E-state index >= 15 is 0 Å². The Morgan fingerprint density at radius 1 is 1.07 bits per heavy atom. The van der Waals surface area contributed by atoms with Crippen molar-refractivity contribution in [3.8, 4) is 0 Å². The lowest BCUT2D eigenvalue weighted by Gasteiger charge is -2.16. The highest BCUT2D eigenvalue weighted by Gasteiger charge is 2.21. The number of hydrogen-bond acceptors (Lipinski definition) is 3. The number of aromatic nitrogens is 1. The molecule has 6 heteroatoms. The van der Waals surface area contributed by atoms with Crippen LogP contribution in [0.3, 0.4) is 0 Å². The van der Waals surface area contributed by atoms with Crippen molar-refractivity contribution < 1.29 is 4.79 Å². The number of anilines is 1. The van der Waals surface area contributed by atoms with Crippen molar-refractivity contribution in [2.24, 2.45) is 4.99 Å². The van der Waals surface area contributed by atoms with E-state index in [1.807, 2.05) is 47.5 Å². The molecule has 1 fully saturated rings. The molecule has 1 saturated heterocycles. The van der Waals surface area contributed by atoms with Crippen LogP contribution in [0.25, 0.3) is 10.9 Å². The van der Waals surface area contributed by atoms with E-state index in [0.29, 0.717) is 19.5 Å². The van der Waals surface area contributed by atoms with Gasteiger partial charge in [-0.2, -0.15) is 0 Å². The average molecular weight is 387 g/mol. The number of hydrogen-bond donors (Lipinski definition) is 2. The summed E-state index contributed by atoms with van der Waals surface area (Å²) in [6.45, 7) is 2.14. The summed E-state index contributed by atoms with van der Waals surface area (Å²) in [4.78, 5) is 22.4. The van der Waals surface area contributed by atoms with Crippen molar-refractivity contribution >= 4 is 28.5 Å². The van der Waals surface area contributed by atoms with Crippen LogP contribution in [0.2, 0.25) is 0 Å². The Balaban J connectivity index is 1.34. The lowest BCUT2D eigenvalue weighted by Crippen LogP contribution is -2.36. The maximum absolute atomic E-state index is 11.9. The normalized spacial score (nSPS) is 14.4. The van der Waals surface area contributed by atoms with Gasteiger partial charge in [0.2, 0.25) is 5.91 Å². The Morgan fingerprint density at radius 3 is 2.62 bits per heavy atom. The first kappa shape index (κ1) is 18.9. The minimum atomic E-state index is 0.212. The molecule has 2 heterocycles. The van der Waals surface area contributed by atoms with E-state index in [2.05, 4.69) is 38.8 Å².